The summed E-state index contributed by atoms with van der Waals surface area (Å²) < 4.78 is 0. The summed E-state index contributed by atoms with van der Waals surface area (Å²) in [7, 11) is 3.65. The van der Waals surface area contributed by atoms with Crippen LogP contribution in [0.15, 0.2) is 0 Å². The number of rotatable bonds is 11. The lowest BCUT2D eigenvalue weighted by Gasteiger charge is -2.17. The van der Waals surface area contributed by atoms with Crippen LogP contribution in [0.2, 0.25) is 0 Å². The molecule has 2 unspecified atom stereocenters. The molecule has 2 atom stereocenters. The number of likely N-dealkylation sites (N-methyl/N-ethyl adjacent to an activating group) is 2. The average molecular weight is 288 g/mol. The Kier molecular flexibility index (Phi) is 10.2. The number of carbonyl (C=O) groups excluding carboxylic acids is 2. The van der Waals surface area contributed by atoms with Gasteiger partial charge in [-0.1, -0.05) is 13.8 Å². The van der Waals surface area contributed by atoms with Crippen molar-refractivity contribution < 1.29 is 9.59 Å². The molecule has 0 aromatic rings. The smallest absolute Gasteiger partial charge is 0.152 e. The van der Waals surface area contributed by atoms with E-state index in [-0.39, 0.29) is 29.6 Å². The quantitative estimate of drug-likeness (QED) is 0.564. The fourth-order valence-corrected chi connectivity index (χ4v) is 2.90. The van der Waals surface area contributed by atoms with Crippen LogP contribution in [0.25, 0.3) is 0 Å². The van der Waals surface area contributed by atoms with Crippen molar-refractivity contribution in [3.63, 3.8) is 0 Å². The van der Waals surface area contributed by atoms with E-state index in [0.29, 0.717) is 0 Å². The standard InChI is InChI=1S/C14H28N2O2S/c1-10(2)14(18)13(16-5)7-9-19-8-6-12(15-4)11(3)17/h10,12-13,15-16H,6-9H2,1-5H3. The topological polar surface area (TPSA) is 58.2 Å². The molecule has 0 heterocycles. The van der Waals surface area contributed by atoms with Gasteiger partial charge in [-0.05, 0) is 45.4 Å². The molecule has 0 aromatic heterocycles. The number of hydrogen-bond donors (Lipinski definition) is 2. The molecule has 0 amide bonds. The molecule has 2 N–H and O–H groups in total. The van der Waals surface area contributed by atoms with Gasteiger partial charge >= 0.3 is 0 Å². The molecular weight excluding hydrogens is 260 g/mol. The molecule has 0 rings (SSSR count). The number of thioether (sulfide) groups is 1. The molecule has 5 heteroatoms. The first-order valence-electron chi connectivity index (χ1n) is 6.90. The summed E-state index contributed by atoms with van der Waals surface area (Å²) in [5, 5.41) is 6.10. The van der Waals surface area contributed by atoms with E-state index >= 15 is 0 Å². The van der Waals surface area contributed by atoms with Crippen molar-refractivity contribution in [1.82, 2.24) is 10.6 Å². The summed E-state index contributed by atoms with van der Waals surface area (Å²) in [6.45, 7) is 5.48. The number of carbonyl (C=O) groups is 2. The van der Waals surface area contributed by atoms with Gasteiger partial charge < -0.3 is 10.6 Å². The minimum atomic E-state index is -0.0413. The summed E-state index contributed by atoms with van der Waals surface area (Å²) in [5.74, 6) is 2.43. The highest BCUT2D eigenvalue weighted by Gasteiger charge is 2.19. The van der Waals surface area contributed by atoms with Crippen LogP contribution in [-0.4, -0.2) is 49.3 Å². The minimum Gasteiger partial charge on any atom is -0.311 e. The average Bonchev–Trinajstić information content (AvgIpc) is 2.36. The Bertz CT molecular complexity index is 283. The van der Waals surface area contributed by atoms with E-state index in [0.717, 1.165) is 24.3 Å². The van der Waals surface area contributed by atoms with Crippen LogP contribution in [-0.2, 0) is 9.59 Å². The van der Waals surface area contributed by atoms with Crippen LogP contribution in [0.5, 0.6) is 0 Å². The number of hydrogen-bond acceptors (Lipinski definition) is 5. The zero-order chi connectivity index (χ0) is 14.8. The second-order valence-electron chi connectivity index (χ2n) is 5.04. The van der Waals surface area contributed by atoms with Gasteiger partial charge in [0.05, 0.1) is 12.1 Å². The number of ketones is 2. The molecule has 0 fully saturated rings. The highest BCUT2D eigenvalue weighted by molar-refractivity contribution is 7.99. The van der Waals surface area contributed by atoms with Gasteiger partial charge in [0.2, 0.25) is 0 Å². The van der Waals surface area contributed by atoms with E-state index in [1.54, 1.807) is 18.7 Å². The first-order chi connectivity index (χ1) is 8.93. The summed E-state index contributed by atoms with van der Waals surface area (Å²) in [6, 6.07) is -0.0784. The lowest BCUT2D eigenvalue weighted by atomic mass is 10.0. The molecule has 112 valence electrons. The summed E-state index contributed by atoms with van der Waals surface area (Å²) in [6.07, 6.45) is 1.70. The molecule has 0 bridgehead atoms. The number of nitrogens with one attached hydrogen (secondary N) is 2. The third-order valence-corrected chi connectivity index (χ3v) is 4.25. The van der Waals surface area contributed by atoms with Gasteiger partial charge in [0.25, 0.3) is 0 Å². The third-order valence-electron chi connectivity index (χ3n) is 3.20. The predicted molar refractivity (Wildman–Crippen MR) is 82.8 cm³/mol. The first kappa shape index (κ1) is 18.6. The lowest BCUT2D eigenvalue weighted by molar-refractivity contribution is -0.124. The Balaban J connectivity index is 3.84. The van der Waals surface area contributed by atoms with E-state index < -0.39 is 0 Å². The molecule has 4 nitrogen and oxygen atoms in total. The molecule has 0 radical (unpaired) electrons. The van der Waals surface area contributed by atoms with Crippen LogP contribution >= 0.6 is 11.8 Å². The molecule has 0 saturated heterocycles. The maximum atomic E-state index is 11.9. The molecule has 0 aromatic carbocycles. The van der Waals surface area contributed by atoms with E-state index in [1.807, 2.05) is 27.9 Å². The lowest BCUT2D eigenvalue weighted by Crippen LogP contribution is -2.37. The fourth-order valence-electron chi connectivity index (χ4n) is 1.89. The molecule has 0 aliphatic rings. The van der Waals surface area contributed by atoms with E-state index in [4.69, 9.17) is 0 Å². The van der Waals surface area contributed by atoms with Gasteiger partial charge in [-0.3, -0.25) is 9.59 Å². The van der Waals surface area contributed by atoms with Gasteiger partial charge in [0, 0.05) is 5.92 Å². The highest BCUT2D eigenvalue weighted by atomic mass is 32.2. The van der Waals surface area contributed by atoms with E-state index in [1.165, 1.54) is 0 Å². The molecular formula is C14H28N2O2S. The van der Waals surface area contributed by atoms with Crippen LogP contribution in [0, 0.1) is 5.92 Å². The third kappa shape index (κ3) is 7.70. The van der Waals surface area contributed by atoms with Gasteiger partial charge in [0.15, 0.2) is 5.78 Å². The van der Waals surface area contributed by atoms with E-state index in [2.05, 4.69) is 10.6 Å². The van der Waals surface area contributed by atoms with Crippen molar-refractivity contribution in [3.8, 4) is 0 Å². The van der Waals surface area contributed by atoms with Crippen LogP contribution in [0.4, 0.5) is 0 Å². The van der Waals surface area contributed by atoms with Crippen molar-refractivity contribution in [1.29, 1.82) is 0 Å². The van der Waals surface area contributed by atoms with Crippen LogP contribution in [0.3, 0.4) is 0 Å². The summed E-state index contributed by atoms with van der Waals surface area (Å²) in [5.41, 5.74) is 0. The molecule has 0 saturated carbocycles. The second-order valence-corrected chi connectivity index (χ2v) is 6.26. The Hall–Kier alpha value is -0.390. The van der Waals surface area contributed by atoms with Crippen molar-refractivity contribution in [2.45, 2.75) is 45.7 Å². The SMILES string of the molecule is CNC(CCSCCC(NC)C(=O)C(C)C)C(C)=O. The zero-order valence-electron chi connectivity index (χ0n) is 12.8. The Morgan fingerprint density at radius 1 is 1.00 bits per heavy atom. The minimum absolute atomic E-state index is 0.0371. The summed E-state index contributed by atoms with van der Waals surface area (Å²) in [4.78, 5) is 23.1. The monoisotopic (exact) mass is 288 g/mol. The Morgan fingerprint density at radius 3 is 1.84 bits per heavy atom. The van der Waals surface area contributed by atoms with Gasteiger partial charge in [0.1, 0.15) is 5.78 Å². The predicted octanol–water partition coefficient (Wildman–Crippen LogP) is 1.49. The van der Waals surface area contributed by atoms with Crippen LogP contribution in [0.1, 0.15) is 33.6 Å². The number of Topliss-reactive ketones (excluding diaryl/α,β-unsaturated/α-hetero) is 2. The molecule has 0 aliphatic carbocycles. The second kappa shape index (κ2) is 10.4. The molecule has 0 spiro atoms. The first-order valence-corrected chi connectivity index (χ1v) is 8.05. The van der Waals surface area contributed by atoms with E-state index in [9.17, 15) is 9.59 Å². The molecule has 0 aliphatic heterocycles. The largest absolute Gasteiger partial charge is 0.311 e. The summed E-state index contributed by atoms with van der Waals surface area (Å²) >= 11 is 1.80. The van der Waals surface area contributed by atoms with Crippen molar-refractivity contribution in [2.75, 3.05) is 25.6 Å². The van der Waals surface area contributed by atoms with Gasteiger partial charge in [-0.15, -0.1) is 0 Å². The Labute approximate surface area is 121 Å². The fraction of sp³-hybridized carbons (Fsp3) is 0.857. The van der Waals surface area contributed by atoms with Crippen molar-refractivity contribution in [3.05, 3.63) is 0 Å². The Morgan fingerprint density at radius 2 is 1.47 bits per heavy atom. The van der Waals surface area contributed by atoms with Crippen LogP contribution < -0.4 is 10.6 Å². The zero-order valence-corrected chi connectivity index (χ0v) is 13.6. The van der Waals surface area contributed by atoms with Gasteiger partial charge in [-0.25, -0.2) is 0 Å². The maximum absolute atomic E-state index is 11.9. The van der Waals surface area contributed by atoms with Crippen molar-refractivity contribution >= 4 is 23.3 Å². The molecule has 19 heavy (non-hydrogen) atoms. The van der Waals surface area contributed by atoms with Crippen molar-refractivity contribution in [2.24, 2.45) is 5.92 Å². The highest BCUT2D eigenvalue weighted by Crippen LogP contribution is 2.11. The van der Waals surface area contributed by atoms with Gasteiger partial charge in [-0.2, -0.15) is 11.8 Å². The maximum Gasteiger partial charge on any atom is 0.152 e. The normalized spacial score (nSPS) is 14.4.